The molecule has 5 rings (SSSR count). The monoisotopic (exact) mass is 572 g/mol. The lowest BCUT2D eigenvalue weighted by atomic mass is 9.96. The maximum Gasteiger partial charge on any atom is 0.338 e. The molecule has 4 aromatic rings. The second-order valence-electron chi connectivity index (χ2n) is 9.64. The van der Waals surface area contributed by atoms with E-state index in [-0.39, 0.29) is 17.4 Å². The molecule has 7 nitrogen and oxygen atoms in total. The maximum absolute atomic E-state index is 13.8. The number of allylic oxidation sites excluding steroid dienone is 1. The topological polar surface area (TPSA) is 90.9 Å². The second kappa shape index (κ2) is 11.3. The molecular formula is C31H28N2O5S2. The molecule has 204 valence electrons. The molecule has 0 unspecified atom stereocenters. The quantitative estimate of drug-likeness (QED) is 0.168. The number of ether oxygens (including phenoxy) is 1. The minimum absolute atomic E-state index is 0.00331. The van der Waals surface area contributed by atoms with Crippen LogP contribution in [0.1, 0.15) is 55.4 Å². The summed E-state index contributed by atoms with van der Waals surface area (Å²) in [6, 6.07) is 17.9. The molecule has 40 heavy (non-hydrogen) atoms. The van der Waals surface area contributed by atoms with Crippen molar-refractivity contribution < 1.29 is 18.7 Å². The van der Waals surface area contributed by atoms with Gasteiger partial charge in [0.2, 0.25) is 0 Å². The zero-order chi connectivity index (χ0) is 28.6. The number of hydrogen-bond acceptors (Lipinski definition) is 8. The van der Waals surface area contributed by atoms with Crippen LogP contribution >= 0.6 is 23.1 Å². The molecule has 0 radical (unpaired) electrons. The number of aromatic nitrogens is 1. The van der Waals surface area contributed by atoms with Gasteiger partial charge in [-0.1, -0.05) is 47.7 Å². The number of carbonyl (C=O) groups is 2. The van der Waals surface area contributed by atoms with Crippen molar-refractivity contribution in [3.05, 3.63) is 109 Å². The Bertz CT molecular complexity index is 1810. The van der Waals surface area contributed by atoms with Crippen molar-refractivity contribution in [3.8, 4) is 11.3 Å². The molecule has 1 aliphatic heterocycles. The Kier molecular flexibility index (Phi) is 7.78. The van der Waals surface area contributed by atoms with Crippen LogP contribution in [-0.4, -0.2) is 28.7 Å². The SMILES string of the molecule is CSc1ccc([C@H]2C(C(=O)OC(C)C)=C(C)N=c3s/c(=C\c4ccc(-c5ccc(C(C)=O)cc5)o4)c(=O)n32)cc1. The molecule has 2 aromatic carbocycles. The lowest BCUT2D eigenvalue weighted by Crippen LogP contribution is -2.40. The minimum atomic E-state index is -0.674. The lowest BCUT2D eigenvalue weighted by Gasteiger charge is -2.25. The average Bonchev–Trinajstić information content (AvgIpc) is 3.52. The van der Waals surface area contributed by atoms with Crippen molar-refractivity contribution in [2.45, 2.75) is 44.7 Å². The van der Waals surface area contributed by atoms with Gasteiger partial charge in [-0.05, 0) is 63.8 Å². The molecule has 0 saturated carbocycles. The molecule has 0 fully saturated rings. The van der Waals surface area contributed by atoms with Gasteiger partial charge in [0.15, 0.2) is 10.6 Å². The number of ketones is 1. The van der Waals surface area contributed by atoms with Gasteiger partial charge in [0.25, 0.3) is 5.56 Å². The van der Waals surface area contributed by atoms with E-state index in [4.69, 9.17) is 9.15 Å². The fraction of sp³-hybridized carbons (Fsp3) is 0.226. The maximum atomic E-state index is 13.8. The van der Waals surface area contributed by atoms with Gasteiger partial charge in [0.1, 0.15) is 11.5 Å². The number of Topliss-reactive ketones (excluding diaryl/α,β-unsaturated/α-hetero) is 1. The van der Waals surface area contributed by atoms with Crippen molar-refractivity contribution in [1.82, 2.24) is 4.57 Å². The van der Waals surface area contributed by atoms with Gasteiger partial charge in [0, 0.05) is 22.1 Å². The zero-order valence-corrected chi connectivity index (χ0v) is 24.4. The van der Waals surface area contributed by atoms with Crippen LogP contribution in [-0.2, 0) is 9.53 Å². The van der Waals surface area contributed by atoms with Crippen LogP contribution < -0.4 is 14.9 Å². The second-order valence-corrected chi connectivity index (χ2v) is 11.5. The predicted octanol–water partition coefficient (Wildman–Crippen LogP) is 5.37. The highest BCUT2D eigenvalue weighted by molar-refractivity contribution is 7.98. The number of carbonyl (C=O) groups excluding carboxylic acids is 2. The summed E-state index contributed by atoms with van der Waals surface area (Å²) in [5, 5.41) is 0. The Morgan fingerprint density at radius 1 is 1.07 bits per heavy atom. The highest BCUT2D eigenvalue weighted by Crippen LogP contribution is 2.32. The molecule has 0 N–H and O–H groups in total. The number of esters is 1. The molecule has 2 aromatic heterocycles. The first-order valence-corrected chi connectivity index (χ1v) is 14.8. The fourth-order valence-corrected chi connectivity index (χ4v) is 5.98. The van der Waals surface area contributed by atoms with E-state index in [1.165, 1.54) is 18.3 Å². The van der Waals surface area contributed by atoms with Crippen molar-refractivity contribution in [2.24, 2.45) is 4.99 Å². The Balaban J connectivity index is 1.59. The summed E-state index contributed by atoms with van der Waals surface area (Å²) in [7, 11) is 0. The standard InChI is InChI=1S/C31H28N2O5S2/c1-17(2)37-30(36)27-18(3)32-31-33(28(27)22-10-13-24(39-5)14-11-22)29(35)26(40-31)16-23-12-15-25(38-23)21-8-6-20(7-9-21)19(4)34/h6-17,28H,1-5H3/b26-16-/t28-/m0/s1. The molecule has 3 heterocycles. The number of thiazole rings is 1. The normalized spacial score (nSPS) is 15.2. The van der Waals surface area contributed by atoms with Crippen LogP contribution in [0.4, 0.5) is 0 Å². The number of nitrogens with zero attached hydrogens (tertiary/aromatic N) is 2. The molecule has 0 spiro atoms. The zero-order valence-electron chi connectivity index (χ0n) is 22.8. The van der Waals surface area contributed by atoms with Crippen LogP contribution in [0, 0.1) is 0 Å². The van der Waals surface area contributed by atoms with Gasteiger partial charge < -0.3 is 9.15 Å². The van der Waals surface area contributed by atoms with Crippen LogP contribution in [0.15, 0.2) is 91.0 Å². The van der Waals surface area contributed by atoms with Gasteiger partial charge in [-0.3, -0.25) is 14.2 Å². The van der Waals surface area contributed by atoms with Crippen LogP contribution in [0.5, 0.6) is 0 Å². The van der Waals surface area contributed by atoms with Crippen molar-refractivity contribution in [3.63, 3.8) is 0 Å². The molecule has 0 bridgehead atoms. The summed E-state index contributed by atoms with van der Waals surface area (Å²) in [6.07, 6.45) is 3.37. The smallest absolute Gasteiger partial charge is 0.338 e. The molecule has 0 saturated heterocycles. The first-order valence-electron chi connectivity index (χ1n) is 12.7. The number of furan rings is 1. The number of hydrogen-bond donors (Lipinski definition) is 0. The van der Waals surface area contributed by atoms with Gasteiger partial charge in [0.05, 0.1) is 27.9 Å². The molecule has 0 amide bonds. The molecule has 9 heteroatoms. The van der Waals surface area contributed by atoms with E-state index in [0.717, 1.165) is 16.0 Å². The van der Waals surface area contributed by atoms with E-state index < -0.39 is 12.0 Å². The summed E-state index contributed by atoms with van der Waals surface area (Å²) in [5.74, 6) is 0.634. The molecule has 1 atom stereocenters. The van der Waals surface area contributed by atoms with Gasteiger partial charge in [-0.15, -0.1) is 11.8 Å². The predicted molar refractivity (Wildman–Crippen MR) is 157 cm³/mol. The molecule has 1 aliphatic rings. The third kappa shape index (κ3) is 5.39. The summed E-state index contributed by atoms with van der Waals surface area (Å²) in [5.41, 5.74) is 2.84. The number of thioether (sulfide) groups is 1. The van der Waals surface area contributed by atoms with E-state index in [9.17, 15) is 14.4 Å². The number of rotatable bonds is 7. The highest BCUT2D eigenvalue weighted by atomic mass is 32.2. The van der Waals surface area contributed by atoms with E-state index in [1.54, 1.807) is 61.4 Å². The van der Waals surface area contributed by atoms with E-state index in [1.807, 2.05) is 48.7 Å². The van der Waals surface area contributed by atoms with Gasteiger partial charge >= 0.3 is 5.97 Å². The van der Waals surface area contributed by atoms with Crippen LogP contribution in [0.25, 0.3) is 17.4 Å². The molecular weight excluding hydrogens is 544 g/mol. The van der Waals surface area contributed by atoms with Crippen LogP contribution in [0.2, 0.25) is 0 Å². The third-order valence-corrected chi connectivity index (χ3v) is 8.22. The Morgan fingerprint density at radius 2 is 1.77 bits per heavy atom. The lowest BCUT2D eigenvalue weighted by molar-refractivity contribution is -0.143. The van der Waals surface area contributed by atoms with E-state index >= 15 is 0 Å². The number of fused-ring (bicyclic) bond motifs is 1. The highest BCUT2D eigenvalue weighted by Gasteiger charge is 2.33. The molecule has 0 aliphatic carbocycles. The van der Waals surface area contributed by atoms with Gasteiger partial charge in [-0.2, -0.15) is 0 Å². The largest absolute Gasteiger partial charge is 0.459 e. The fourth-order valence-electron chi connectivity index (χ4n) is 4.55. The summed E-state index contributed by atoms with van der Waals surface area (Å²) < 4.78 is 13.6. The van der Waals surface area contributed by atoms with Crippen molar-refractivity contribution >= 4 is 40.9 Å². The Labute approximate surface area is 239 Å². The van der Waals surface area contributed by atoms with Crippen LogP contribution in [0.3, 0.4) is 0 Å². The first kappa shape index (κ1) is 27.6. The Hall–Kier alpha value is -3.95. The summed E-state index contributed by atoms with van der Waals surface area (Å²) >= 11 is 2.86. The van der Waals surface area contributed by atoms with E-state index in [2.05, 4.69) is 4.99 Å². The average molecular weight is 573 g/mol. The van der Waals surface area contributed by atoms with Crippen molar-refractivity contribution in [1.29, 1.82) is 0 Å². The first-order chi connectivity index (χ1) is 19.2. The Morgan fingerprint density at radius 3 is 2.40 bits per heavy atom. The number of benzene rings is 2. The van der Waals surface area contributed by atoms with Gasteiger partial charge in [-0.25, -0.2) is 9.79 Å². The third-order valence-electron chi connectivity index (χ3n) is 6.49. The van der Waals surface area contributed by atoms with Crippen molar-refractivity contribution in [2.75, 3.05) is 6.26 Å². The summed E-state index contributed by atoms with van der Waals surface area (Å²) in [4.78, 5) is 44.9. The minimum Gasteiger partial charge on any atom is -0.459 e. The van der Waals surface area contributed by atoms with E-state index in [0.29, 0.717) is 37.7 Å². The summed E-state index contributed by atoms with van der Waals surface area (Å²) in [6.45, 7) is 6.88.